The highest BCUT2D eigenvalue weighted by molar-refractivity contribution is 8.04. The Morgan fingerprint density at radius 3 is 2.96 bits per heavy atom. The first kappa shape index (κ1) is 18.5. The molecule has 0 aromatic carbocycles. The van der Waals surface area contributed by atoms with Crippen molar-refractivity contribution in [1.82, 2.24) is 0 Å². The van der Waals surface area contributed by atoms with E-state index in [-0.39, 0.29) is 0 Å². The van der Waals surface area contributed by atoms with Crippen molar-refractivity contribution in [2.75, 3.05) is 5.75 Å². The van der Waals surface area contributed by atoms with Crippen LogP contribution >= 0.6 is 34.9 Å². The summed E-state index contributed by atoms with van der Waals surface area (Å²) < 4.78 is 0. The summed E-state index contributed by atoms with van der Waals surface area (Å²) in [5, 5.41) is 2.42. The fourth-order valence-electron chi connectivity index (χ4n) is 2.59. The van der Waals surface area contributed by atoms with Gasteiger partial charge in [-0.2, -0.15) is 0 Å². The minimum Gasteiger partial charge on any atom is -0.135 e. The monoisotopic (exact) mass is 382 g/mol. The van der Waals surface area contributed by atoms with Gasteiger partial charge in [0.1, 0.15) is 0 Å². The molecule has 0 radical (unpaired) electrons. The summed E-state index contributed by atoms with van der Waals surface area (Å²) in [5.41, 5.74) is 1.46. The van der Waals surface area contributed by atoms with Gasteiger partial charge in [-0.1, -0.05) is 61.3 Å². The van der Waals surface area contributed by atoms with E-state index in [4.69, 9.17) is 0 Å². The lowest BCUT2D eigenvalue weighted by atomic mass is 10.1. The second kappa shape index (κ2) is 10.0. The molecule has 2 aliphatic heterocycles. The molecule has 1 aromatic heterocycles. The van der Waals surface area contributed by atoms with Gasteiger partial charge in [-0.25, -0.2) is 0 Å². The summed E-state index contributed by atoms with van der Waals surface area (Å²) in [4.78, 5) is 3.64. The lowest BCUT2D eigenvalue weighted by Crippen LogP contribution is -1.93. The van der Waals surface area contributed by atoms with Crippen molar-refractivity contribution in [3.8, 4) is 23.7 Å². The molecule has 3 rings (SSSR count). The van der Waals surface area contributed by atoms with Gasteiger partial charge in [0.05, 0.1) is 19.9 Å². The molecule has 25 heavy (non-hydrogen) atoms. The van der Waals surface area contributed by atoms with Gasteiger partial charge in [-0.15, -0.1) is 34.9 Å². The van der Waals surface area contributed by atoms with E-state index in [1.165, 1.54) is 27.6 Å². The predicted molar refractivity (Wildman–Crippen MR) is 116 cm³/mol. The van der Waals surface area contributed by atoms with E-state index in [2.05, 4.69) is 66.3 Å². The molecule has 0 N–H and O–H groups in total. The average molecular weight is 383 g/mol. The summed E-state index contributed by atoms with van der Waals surface area (Å²) in [6.07, 6.45) is 12.4. The fraction of sp³-hybridized carbons (Fsp3) is 0.364. The number of rotatable bonds is 4. The highest BCUT2D eigenvalue weighted by atomic mass is 32.2. The van der Waals surface area contributed by atoms with Crippen LogP contribution in [0.2, 0.25) is 0 Å². The minimum absolute atomic E-state index is 0.339. The largest absolute Gasteiger partial charge is 0.135 e. The first-order valence-corrected chi connectivity index (χ1v) is 11.5. The van der Waals surface area contributed by atoms with E-state index < -0.39 is 0 Å². The third-order valence-electron chi connectivity index (χ3n) is 3.88. The van der Waals surface area contributed by atoms with Crippen LogP contribution in [0.1, 0.15) is 43.9 Å². The van der Waals surface area contributed by atoms with Crippen molar-refractivity contribution in [2.45, 2.75) is 44.3 Å². The van der Waals surface area contributed by atoms with Crippen LogP contribution in [0.25, 0.3) is 0 Å². The molecule has 0 fully saturated rings. The Hall–Kier alpha value is -1.26. The Morgan fingerprint density at radius 2 is 2.20 bits per heavy atom. The molecule has 1 aromatic rings. The molecular weight excluding hydrogens is 360 g/mol. The Kier molecular flexibility index (Phi) is 7.43. The van der Waals surface area contributed by atoms with Gasteiger partial charge < -0.3 is 0 Å². The molecule has 128 valence electrons. The van der Waals surface area contributed by atoms with Crippen LogP contribution in [0.15, 0.2) is 51.1 Å². The summed E-state index contributed by atoms with van der Waals surface area (Å²) in [5.74, 6) is 14.8. The lowest BCUT2D eigenvalue weighted by molar-refractivity contribution is 0.943. The van der Waals surface area contributed by atoms with Crippen LogP contribution in [0, 0.1) is 23.7 Å². The summed E-state index contributed by atoms with van der Waals surface area (Å²) in [6.45, 7) is 2.22. The molecule has 1 unspecified atom stereocenters. The van der Waals surface area contributed by atoms with Crippen molar-refractivity contribution in [1.29, 1.82) is 0 Å². The highest BCUT2D eigenvalue weighted by Gasteiger charge is 2.22. The Morgan fingerprint density at radius 1 is 1.24 bits per heavy atom. The van der Waals surface area contributed by atoms with Crippen molar-refractivity contribution in [3.05, 3.63) is 56.0 Å². The maximum absolute atomic E-state index is 3.44. The molecule has 0 spiro atoms. The second-order valence-electron chi connectivity index (χ2n) is 5.91. The highest BCUT2D eigenvalue weighted by Crippen LogP contribution is 2.39. The van der Waals surface area contributed by atoms with Crippen molar-refractivity contribution >= 4 is 34.9 Å². The fourth-order valence-corrected chi connectivity index (χ4v) is 5.12. The maximum Gasteiger partial charge on any atom is 0.0768 e. The number of thioether (sulfide) groups is 2. The number of allylic oxidation sites excluding steroid dienone is 6. The molecule has 3 heteroatoms. The van der Waals surface area contributed by atoms with Gasteiger partial charge in [-0.05, 0) is 42.7 Å². The molecule has 0 saturated heterocycles. The number of hydrogen-bond donors (Lipinski definition) is 0. The van der Waals surface area contributed by atoms with Gasteiger partial charge in [0, 0.05) is 5.75 Å². The SMILES string of the molecule is CCC/C=C/CC1=C(C#CC2=CCCS2)SC(C#Cc2cccs2)C1. The number of unbranched alkanes of at least 4 members (excludes halogenated alkanes) is 1. The van der Waals surface area contributed by atoms with Crippen LogP contribution in [-0.2, 0) is 0 Å². The zero-order valence-corrected chi connectivity index (χ0v) is 17.0. The first-order chi connectivity index (χ1) is 12.3. The lowest BCUT2D eigenvalue weighted by Gasteiger charge is -1.98. The van der Waals surface area contributed by atoms with Crippen molar-refractivity contribution in [3.63, 3.8) is 0 Å². The summed E-state index contributed by atoms with van der Waals surface area (Å²) in [7, 11) is 0. The molecule has 0 nitrogen and oxygen atoms in total. The van der Waals surface area contributed by atoms with Gasteiger partial charge in [0.25, 0.3) is 0 Å². The Bertz CT molecular complexity index is 786. The zero-order chi connectivity index (χ0) is 17.3. The second-order valence-corrected chi connectivity index (χ2v) is 9.21. The van der Waals surface area contributed by atoms with Crippen LogP contribution in [0.5, 0.6) is 0 Å². The standard InChI is InChI=1S/C22H22S3/c1-2-3-4-5-8-18-17-21(12-11-19-9-6-15-23-19)25-22(18)14-13-20-10-7-16-24-20/h4-6,9-10,15,21H,2-3,7-8,16-17H2,1H3/b5-4+. The van der Waals surface area contributed by atoms with Gasteiger partial charge in [0.2, 0.25) is 0 Å². The molecule has 2 aliphatic rings. The van der Waals surface area contributed by atoms with Crippen LogP contribution < -0.4 is 0 Å². The topological polar surface area (TPSA) is 0 Å². The van der Waals surface area contributed by atoms with Crippen LogP contribution in [0.4, 0.5) is 0 Å². The minimum atomic E-state index is 0.339. The predicted octanol–water partition coefficient (Wildman–Crippen LogP) is 6.63. The van der Waals surface area contributed by atoms with Crippen molar-refractivity contribution in [2.24, 2.45) is 0 Å². The first-order valence-electron chi connectivity index (χ1n) is 8.79. The molecule has 0 saturated carbocycles. The zero-order valence-electron chi connectivity index (χ0n) is 14.5. The quantitative estimate of drug-likeness (QED) is 0.423. The number of thiophene rings is 1. The Labute approximate surface area is 164 Å². The average Bonchev–Trinajstić information content (AvgIpc) is 3.37. The molecule has 0 amide bonds. The van der Waals surface area contributed by atoms with E-state index in [1.54, 1.807) is 11.3 Å². The van der Waals surface area contributed by atoms with Crippen LogP contribution in [0.3, 0.4) is 0 Å². The van der Waals surface area contributed by atoms with E-state index in [1.807, 2.05) is 23.5 Å². The third kappa shape index (κ3) is 5.89. The van der Waals surface area contributed by atoms with Gasteiger partial charge >= 0.3 is 0 Å². The van der Waals surface area contributed by atoms with E-state index in [0.29, 0.717) is 5.25 Å². The molecular formula is C22H22S3. The van der Waals surface area contributed by atoms with Gasteiger partial charge in [-0.3, -0.25) is 0 Å². The van der Waals surface area contributed by atoms with E-state index >= 15 is 0 Å². The molecule has 0 aliphatic carbocycles. The normalized spacial score (nSPS) is 19.6. The molecule has 0 bridgehead atoms. The summed E-state index contributed by atoms with van der Waals surface area (Å²) >= 11 is 5.44. The Balaban J connectivity index is 1.70. The smallest absolute Gasteiger partial charge is 0.0768 e. The van der Waals surface area contributed by atoms with Gasteiger partial charge in [0.15, 0.2) is 0 Å². The summed E-state index contributed by atoms with van der Waals surface area (Å²) in [6, 6.07) is 4.15. The molecule has 3 heterocycles. The van der Waals surface area contributed by atoms with E-state index in [0.717, 1.165) is 30.6 Å². The van der Waals surface area contributed by atoms with Crippen LogP contribution in [-0.4, -0.2) is 11.0 Å². The third-order valence-corrected chi connectivity index (χ3v) is 6.88. The molecule has 1 atom stereocenters. The number of hydrogen-bond acceptors (Lipinski definition) is 3. The van der Waals surface area contributed by atoms with Crippen molar-refractivity contribution < 1.29 is 0 Å². The van der Waals surface area contributed by atoms with E-state index in [9.17, 15) is 0 Å². The maximum atomic E-state index is 3.44.